The molecule has 0 aromatic rings. The Morgan fingerprint density at radius 3 is 2.38 bits per heavy atom. The average Bonchev–Trinajstić information content (AvgIpc) is 3.08. The summed E-state index contributed by atoms with van der Waals surface area (Å²) in [5.41, 5.74) is -0.0561. The van der Waals surface area contributed by atoms with E-state index in [1.807, 2.05) is 0 Å². The number of hydrogen-bond donors (Lipinski definition) is 4. The van der Waals surface area contributed by atoms with Crippen LogP contribution in [0.15, 0.2) is 0 Å². The van der Waals surface area contributed by atoms with Crippen molar-refractivity contribution in [3.8, 4) is 0 Å². The summed E-state index contributed by atoms with van der Waals surface area (Å²) in [5.74, 6) is 1.16. The first-order chi connectivity index (χ1) is 15.0. The highest BCUT2D eigenvalue weighted by atomic mass is 16.4. The summed E-state index contributed by atoms with van der Waals surface area (Å²) >= 11 is 0. The fourth-order valence-electron chi connectivity index (χ4n) is 9.20. The van der Waals surface area contributed by atoms with E-state index in [1.54, 1.807) is 6.92 Å². The van der Waals surface area contributed by atoms with E-state index in [1.165, 1.54) is 0 Å². The number of rotatable bonds is 6. The molecule has 0 aliphatic heterocycles. The topological polar surface area (TPSA) is 98.0 Å². The minimum Gasteiger partial charge on any atom is -0.481 e. The highest BCUT2D eigenvalue weighted by Crippen LogP contribution is 2.68. The van der Waals surface area contributed by atoms with Crippen LogP contribution in [0.1, 0.15) is 91.9 Å². The van der Waals surface area contributed by atoms with E-state index in [0.717, 1.165) is 57.8 Å². The van der Waals surface area contributed by atoms with Crippen molar-refractivity contribution in [3.63, 3.8) is 0 Å². The van der Waals surface area contributed by atoms with Crippen LogP contribution in [-0.2, 0) is 4.79 Å². The third-order valence-electron chi connectivity index (χ3n) is 11.2. The SMILES string of the molecule is CC(CCCC(C)C1CCC2C3C(C[C@H](O)C12C)C1(C)CC[C@@H](O)CC1C[C@H]3O)C(=O)O. The Morgan fingerprint density at radius 1 is 0.969 bits per heavy atom. The van der Waals surface area contributed by atoms with Gasteiger partial charge in [0.15, 0.2) is 0 Å². The number of hydrogen-bond acceptors (Lipinski definition) is 4. The molecule has 32 heavy (non-hydrogen) atoms. The molecule has 0 radical (unpaired) electrons. The molecule has 0 amide bonds. The highest BCUT2D eigenvalue weighted by molar-refractivity contribution is 5.69. The molecule has 4 fully saturated rings. The first kappa shape index (κ1) is 24.5. The molecule has 0 saturated heterocycles. The van der Waals surface area contributed by atoms with Gasteiger partial charge < -0.3 is 20.4 Å². The maximum atomic E-state index is 11.6. The van der Waals surface area contributed by atoms with Crippen molar-refractivity contribution in [2.75, 3.05) is 0 Å². The Balaban J connectivity index is 1.51. The molecule has 4 N–H and O–H groups in total. The van der Waals surface area contributed by atoms with Gasteiger partial charge in [0.25, 0.3) is 0 Å². The predicted molar refractivity (Wildman–Crippen MR) is 124 cm³/mol. The second-order valence-corrected chi connectivity index (χ2v) is 12.7. The molecule has 4 saturated carbocycles. The van der Waals surface area contributed by atoms with Crippen molar-refractivity contribution >= 4 is 5.97 Å². The van der Waals surface area contributed by atoms with Gasteiger partial charge in [0.1, 0.15) is 0 Å². The third kappa shape index (κ3) is 3.84. The normalized spacial score (nSPS) is 50.1. The number of carbonyl (C=O) groups is 1. The minimum atomic E-state index is -0.715. The highest BCUT2D eigenvalue weighted by Gasteiger charge is 2.65. The van der Waals surface area contributed by atoms with Crippen LogP contribution < -0.4 is 0 Å². The second kappa shape index (κ2) is 8.85. The molecule has 5 heteroatoms. The Morgan fingerprint density at radius 2 is 1.69 bits per heavy atom. The Labute approximate surface area is 194 Å². The summed E-state index contributed by atoms with van der Waals surface area (Å²) < 4.78 is 0. The summed E-state index contributed by atoms with van der Waals surface area (Å²) in [6.07, 6.45) is 8.11. The Kier molecular flexibility index (Phi) is 6.77. The average molecular weight is 451 g/mol. The van der Waals surface area contributed by atoms with Gasteiger partial charge in [-0.25, -0.2) is 0 Å². The van der Waals surface area contributed by atoms with Crippen LogP contribution in [0.4, 0.5) is 0 Å². The van der Waals surface area contributed by atoms with Crippen LogP contribution >= 0.6 is 0 Å². The van der Waals surface area contributed by atoms with E-state index in [0.29, 0.717) is 36.0 Å². The zero-order valence-corrected chi connectivity index (χ0v) is 20.5. The number of aliphatic carboxylic acids is 1. The summed E-state index contributed by atoms with van der Waals surface area (Å²) in [4.78, 5) is 11.2. The van der Waals surface area contributed by atoms with Gasteiger partial charge in [-0.2, -0.15) is 0 Å². The molecule has 12 atom stereocenters. The molecule has 4 aliphatic rings. The van der Waals surface area contributed by atoms with Crippen molar-refractivity contribution in [1.29, 1.82) is 0 Å². The van der Waals surface area contributed by atoms with Crippen molar-refractivity contribution in [1.82, 2.24) is 0 Å². The van der Waals surface area contributed by atoms with Crippen LogP contribution in [0.5, 0.6) is 0 Å². The second-order valence-electron chi connectivity index (χ2n) is 12.7. The molecule has 4 aliphatic carbocycles. The van der Waals surface area contributed by atoms with Crippen LogP contribution in [-0.4, -0.2) is 44.7 Å². The van der Waals surface area contributed by atoms with E-state index in [4.69, 9.17) is 0 Å². The fraction of sp³-hybridized carbons (Fsp3) is 0.963. The molecule has 0 spiro atoms. The zero-order valence-electron chi connectivity index (χ0n) is 20.5. The quantitative estimate of drug-likeness (QED) is 0.478. The van der Waals surface area contributed by atoms with E-state index in [-0.39, 0.29) is 41.0 Å². The number of carboxylic acids is 1. The van der Waals surface area contributed by atoms with Crippen LogP contribution in [0.25, 0.3) is 0 Å². The maximum Gasteiger partial charge on any atom is 0.306 e. The molecule has 9 unspecified atom stereocenters. The van der Waals surface area contributed by atoms with E-state index < -0.39 is 5.97 Å². The van der Waals surface area contributed by atoms with Gasteiger partial charge in [0.05, 0.1) is 24.2 Å². The first-order valence-electron chi connectivity index (χ1n) is 13.3. The molecule has 184 valence electrons. The molecule has 4 rings (SSSR count). The van der Waals surface area contributed by atoms with Crippen molar-refractivity contribution in [2.45, 2.75) is 110 Å². The molecule has 5 nitrogen and oxygen atoms in total. The standard InChI is InChI=1S/C27H46O5/c1-15(6-5-7-16(2)25(31)32)19-8-9-20-24-21(14-23(30)27(19,20)4)26(3)11-10-18(28)12-17(26)13-22(24)29/h15-24,28-30H,5-14H2,1-4H3,(H,31,32)/t15?,16?,17?,18-,19?,20?,21?,22-,23+,24?,26?,27?/m1/s1. The molecule has 0 aromatic heterocycles. The third-order valence-corrected chi connectivity index (χ3v) is 11.2. The Hall–Kier alpha value is -0.650. The van der Waals surface area contributed by atoms with Gasteiger partial charge in [-0.15, -0.1) is 0 Å². The van der Waals surface area contributed by atoms with Crippen LogP contribution in [0.2, 0.25) is 0 Å². The minimum absolute atomic E-state index is 0.113. The Bertz CT molecular complexity index is 696. The zero-order chi connectivity index (χ0) is 23.4. The van der Waals surface area contributed by atoms with E-state index >= 15 is 0 Å². The first-order valence-corrected chi connectivity index (χ1v) is 13.3. The molecular formula is C27H46O5. The molecular weight excluding hydrogens is 404 g/mol. The van der Waals surface area contributed by atoms with Crippen molar-refractivity contribution in [3.05, 3.63) is 0 Å². The lowest BCUT2D eigenvalue weighted by Crippen LogP contribution is -2.62. The van der Waals surface area contributed by atoms with E-state index in [9.17, 15) is 25.2 Å². The number of carboxylic acid groups (broad SMARTS) is 1. The summed E-state index contributed by atoms with van der Waals surface area (Å²) in [6, 6.07) is 0. The van der Waals surface area contributed by atoms with Gasteiger partial charge in [0, 0.05) is 0 Å². The van der Waals surface area contributed by atoms with Gasteiger partial charge in [-0.1, -0.05) is 40.5 Å². The number of aliphatic hydroxyl groups excluding tert-OH is 3. The largest absolute Gasteiger partial charge is 0.481 e. The monoisotopic (exact) mass is 450 g/mol. The van der Waals surface area contributed by atoms with Gasteiger partial charge in [0.2, 0.25) is 0 Å². The van der Waals surface area contributed by atoms with Crippen LogP contribution in [0.3, 0.4) is 0 Å². The van der Waals surface area contributed by atoms with Gasteiger partial charge in [-0.05, 0) is 97.7 Å². The lowest BCUT2D eigenvalue weighted by molar-refractivity contribution is -0.207. The smallest absolute Gasteiger partial charge is 0.306 e. The molecule has 0 bridgehead atoms. The maximum absolute atomic E-state index is 11.6. The van der Waals surface area contributed by atoms with Gasteiger partial charge in [-0.3, -0.25) is 4.79 Å². The summed E-state index contributed by atoms with van der Waals surface area (Å²) in [7, 11) is 0. The summed E-state index contributed by atoms with van der Waals surface area (Å²) in [5, 5.41) is 42.4. The summed E-state index contributed by atoms with van der Waals surface area (Å²) in [6.45, 7) is 8.74. The number of fused-ring (bicyclic) bond motifs is 5. The molecule has 0 aromatic carbocycles. The van der Waals surface area contributed by atoms with Crippen molar-refractivity contribution in [2.24, 2.45) is 52.3 Å². The lowest BCUT2D eigenvalue weighted by Gasteiger charge is -2.63. The van der Waals surface area contributed by atoms with Gasteiger partial charge >= 0.3 is 5.97 Å². The molecule has 0 heterocycles. The van der Waals surface area contributed by atoms with Crippen molar-refractivity contribution < 1.29 is 25.2 Å². The fourth-order valence-corrected chi connectivity index (χ4v) is 9.20. The lowest BCUT2D eigenvalue weighted by atomic mass is 9.43. The van der Waals surface area contributed by atoms with E-state index in [2.05, 4.69) is 20.8 Å². The van der Waals surface area contributed by atoms with Crippen LogP contribution in [0, 0.1) is 52.3 Å². The number of aliphatic hydroxyl groups is 3. The predicted octanol–water partition coefficient (Wildman–Crippen LogP) is 4.47.